The summed E-state index contributed by atoms with van der Waals surface area (Å²) in [7, 11) is 2.15. The molecule has 2 aromatic carbocycles. The Hall–Kier alpha value is -2.04. The van der Waals surface area contributed by atoms with Crippen molar-refractivity contribution in [1.29, 1.82) is 0 Å². The number of nitrogens with one attached hydrogen (secondary N) is 1. The molecule has 5 heteroatoms. The van der Waals surface area contributed by atoms with E-state index in [9.17, 15) is 4.79 Å². The SMILES string of the molecule is Cc1cc(NC(=O)Cc2ccccc2Cl)ccc1N1CCN(C)CC1. The zero-order valence-electron chi connectivity index (χ0n) is 14.8. The molecule has 2 aromatic rings. The van der Waals surface area contributed by atoms with Gasteiger partial charge < -0.3 is 15.1 Å². The highest BCUT2D eigenvalue weighted by Crippen LogP contribution is 2.25. The summed E-state index contributed by atoms with van der Waals surface area (Å²) in [5.74, 6) is -0.0557. The maximum atomic E-state index is 12.3. The van der Waals surface area contributed by atoms with Crippen LogP contribution < -0.4 is 10.2 Å². The minimum atomic E-state index is -0.0557. The monoisotopic (exact) mass is 357 g/mol. The van der Waals surface area contributed by atoms with Crippen LogP contribution in [0.5, 0.6) is 0 Å². The van der Waals surface area contributed by atoms with Gasteiger partial charge >= 0.3 is 0 Å². The highest BCUT2D eigenvalue weighted by molar-refractivity contribution is 6.31. The number of rotatable bonds is 4. The number of hydrogen-bond donors (Lipinski definition) is 1. The van der Waals surface area contributed by atoms with E-state index in [2.05, 4.69) is 35.2 Å². The first kappa shape index (κ1) is 17.8. The lowest BCUT2D eigenvalue weighted by Crippen LogP contribution is -2.44. The van der Waals surface area contributed by atoms with Gasteiger partial charge in [0.15, 0.2) is 0 Å². The van der Waals surface area contributed by atoms with Crippen LogP contribution in [0.25, 0.3) is 0 Å². The van der Waals surface area contributed by atoms with Crippen molar-refractivity contribution < 1.29 is 4.79 Å². The summed E-state index contributed by atoms with van der Waals surface area (Å²) in [4.78, 5) is 17.0. The van der Waals surface area contributed by atoms with Crippen LogP contribution in [0.1, 0.15) is 11.1 Å². The second kappa shape index (κ2) is 7.89. The molecule has 1 aliphatic rings. The number of halogens is 1. The van der Waals surface area contributed by atoms with Crippen LogP contribution in [-0.2, 0) is 11.2 Å². The number of likely N-dealkylation sites (N-methyl/N-ethyl adjacent to an activating group) is 1. The van der Waals surface area contributed by atoms with Crippen LogP contribution in [0.4, 0.5) is 11.4 Å². The molecule has 1 N–H and O–H groups in total. The third-order valence-electron chi connectivity index (χ3n) is 4.63. The maximum absolute atomic E-state index is 12.3. The predicted octanol–water partition coefficient (Wildman–Crippen LogP) is 3.58. The molecule has 0 unspecified atom stereocenters. The minimum Gasteiger partial charge on any atom is -0.369 e. The lowest BCUT2D eigenvalue weighted by molar-refractivity contribution is -0.115. The number of carbonyl (C=O) groups is 1. The van der Waals surface area contributed by atoms with Gasteiger partial charge in [-0.2, -0.15) is 0 Å². The Bertz CT molecular complexity index is 754. The zero-order valence-corrected chi connectivity index (χ0v) is 15.5. The molecule has 1 fully saturated rings. The van der Waals surface area contributed by atoms with Crippen molar-refractivity contribution >= 4 is 28.9 Å². The standard InChI is InChI=1S/C20H24ClN3O/c1-15-13-17(7-8-19(15)24-11-9-23(2)10-12-24)22-20(25)14-16-5-3-4-6-18(16)21/h3-8,13H,9-12,14H2,1-2H3,(H,22,25). The van der Waals surface area contributed by atoms with Crippen molar-refractivity contribution in [2.45, 2.75) is 13.3 Å². The number of aryl methyl sites for hydroxylation is 1. The number of amides is 1. The first-order chi connectivity index (χ1) is 12.0. The lowest BCUT2D eigenvalue weighted by atomic mass is 10.1. The topological polar surface area (TPSA) is 35.6 Å². The zero-order chi connectivity index (χ0) is 17.8. The Labute approximate surface area is 154 Å². The summed E-state index contributed by atoms with van der Waals surface area (Å²) >= 11 is 6.12. The first-order valence-electron chi connectivity index (χ1n) is 8.60. The second-order valence-corrected chi connectivity index (χ2v) is 7.02. The number of anilines is 2. The summed E-state index contributed by atoms with van der Waals surface area (Å²) in [5, 5.41) is 3.60. The summed E-state index contributed by atoms with van der Waals surface area (Å²) in [5.41, 5.74) is 4.09. The van der Waals surface area contributed by atoms with Gasteiger partial charge in [0.2, 0.25) is 5.91 Å². The predicted molar refractivity (Wildman–Crippen MR) is 105 cm³/mol. The second-order valence-electron chi connectivity index (χ2n) is 6.61. The number of benzene rings is 2. The van der Waals surface area contributed by atoms with Gasteiger partial charge in [-0.3, -0.25) is 4.79 Å². The summed E-state index contributed by atoms with van der Waals surface area (Å²) in [6.45, 7) is 6.33. The van der Waals surface area contributed by atoms with E-state index < -0.39 is 0 Å². The molecule has 25 heavy (non-hydrogen) atoms. The number of nitrogens with zero attached hydrogens (tertiary/aromatic N) is 2. The van der Waals surface area contributed by atoms with Crippen molar-refractivity contribution in [3.05, 3.63) is 58.6 Å². The fourth-order valence-electron chi connectivity index (χ4n) is 3.16. The molecule has 0 atom stereocenters. The molecule has 0 aromatic heterocycles. The fraction of sp³-hybridized carbons (Fsp3) is 0.350. The Balaban J connectivity index is 1.64. The van der Waals surface area contributed by atoms with Crippen LogP contribution in [0, 0.1) is 6.92 Å². The van der Waals surface area contributed by atoms with Gasteiger partial charge in [0.25, 0.3) is 0 Å². The molecule has 1 saturated heterocycles. The molecule has 4 nitrogen and oxygen atoms in total. The normalized spacial score (nSPS) is 15.2. The van der Waals surface area contributed by atoms with E-state index in [0.717, 1.165) is 37.4 Å². The Morgan fingerprint density at radius 2 is 1.84 bits per heavy atom. The maximum Gasteiger partial charge on any atom is 0.228 e. The summed E-state index contributed by atoms with van der Waals surface area (Å²) in [6.07, 6.45) is 0.277. The van der Waals surface area contributed by atoms with Gasteiger partial charge in [-0.05, 0) is 49.4 Å². The van der Waals surface area contributed by atoms with Gasteiger partial charge in [-0.1, -0.05) is 29.8 Å². The fourth-order valence-corrected chi connectivity index (χ4v) is 3.36. The third-order valence-corrected chi connectivity index (χ3v) is 5.00. The van der Waals surface area contributed by atoms with Crippen molar-refractivity contribution in [3.63, 3.8) is 0 Å². The smallest absolute Gasteiger partial charge is 0.228 e. The average Bonchev–Trinajstić information content (AvgIpc) is 2.58. The molecular formula is C20H24ClN3O. The van der Waals surface area contributed by atoms with E-state index in [1.807, 2.05) is 30.3 Å². The molecule has 1 heterocycles. The molecule has 1 aliphatic heterocycles. The Kier molecular flexibility index (Phi) is 5.61. The Morgan fingerprint density at radius 1 is 1.12 bits per heavy atom. The van der Waals surface area contributed by atoms with Gasteiger partial charge in [-0.25, -0.2) is 0 Å². The number of piperazine rings is 1. The van der Waals surface area contributed by atoms with E-state index in [4.69, 9.17) is 11.6 Å². The number of carbonyl (C=O) groups excluding carboxylic acids is 1. The van der Waals surface area contributed by atoms with Gasteiger partial charge in [0.05, 0.1) is 6.42 Å². The van der Waals surface area contributed by atoms with E-state index in [0.29, 0.717) is 5.02 Å². The van der Waals surface area contributed by atoms with Crippen LogP contribution in [0.15, 0.2) is 42.5 Å². The molecule has 0 aliphatic carbocycles. The minimum absolute atomic E-state index is 0.0557. The van der Waals surface area contributed by atoms with E-state index in [1.54, 1.807) is 6.07 Å². The Morgan fingerprint density at radius 3 is 2.52 bits per heavy atom. The van der Waals surface area contributed by atoms with Crippen LogP contribution in [-0.4, -0.2) is 44.0 Å². The molecule has 0 spiro atoms. The number of hydrogen-bond acceptors (Lipinski definition) is 3. The van der Waals surface area contributed by atoms with Gasteiger partial charge in [0.1, 0.15) is 0 Å². The molecule has 132 valence electrons. The largest absolute Gasteiger partial charge is 0.369 e. The van der Waals surface area contributed by atoms with Crippen molar-refractivity contribution in [1.82, 2.24) is 4.90 Å². The quantitative estimate of drug-likeness (QED) is 0.908. The molecule has 1 amide bonds. The van der Waals surface area contributed by atoms with Crippen molar-refractivity contribution in [2.24, 2.45) is 0 Å². The first-order valence-corrected chi connectivity index (χ1v) is 8.98. The molecule has 0 radical (unpaired) electrons. The molecule has 0 saturated carbocycles. The summed E-state index contributed by atoms with van der Waals surface area (Å²) < 4.78 is 0. The third kappa shape index (κ3) is 4.53. The van der Waals surface area contributed by atoms with Crippen molar-refractivity contribution in [2.75, 3.05) is 43.4 Å². The molecular weight excluding hydrogens is 334 g/mol. The van der Waals surface area contributed by atoms with E-state index in [-0.39, 0.29) is 12.3 Å². The average molecular weight is 358 g/mol. The molecule has 3 rings (SSSR count). The highest BCUT2D eigenvalue weighted by atomic mass is 35.5. The van der Waals surface area contributed by atoms with E-state index >= 15 is 0 Å². The summed E-state index contributed by atoms with van der Waals surface area (Å²) in [6, 6.07) is 13.6. The van der Waals surface area contributed by atoms with Crippen LogP contribution in [0.3, 0.4) is 0 Å². The van der Waals surface area contributed by atoms with E-state index in [1.165, 1.54) is 11.3 Å². The van der Waals surface area contributed by atoms with Crippen LogP contribution >= 0.6 is 11.6 Å². The van der Waals surface area contributed by atoms with Crippen molar-refractivity contribution in [3.8, 4) is 0 Å². The van der Waals surface area contributed by atoms with Crippen LogP contribution in [0.2, 0.25) is 5.02 Å². The lowest BCUT2D eigenvalue weighted by Gasteiger charge is -2.35. The highest BCUT2D eigenvalue weighted by Gasteiger charge is 2.16. The van der Waals surface area contributed by atoms with Gasteiger partial charge in [0, 0.05) is 42.6 Å². The van der Waals surface area contributed by atoms with Gasteiger partial charge in [-0.15, -0.1) is 0 Å². The molecule has 0 bridgehead atoms.